The molecule has 1 nitrogen and oxygen atoms in total. The van der Waals surface area contributed by atoms with E-state index in [1.807, 2.05) is 11.8 Å². The van der Waals surface area contributed by atoms with Gasteiger partial charge in [-0.3, -0.25) is 0 Å². The van der Waals surface area contributed by atoms with Crippen molar-refractivity contribution in [1.29, 1.82) is 0 Å². The van der Waals surface area contributed by atoms with E-state index in [0.29, 0.717) is 0 Å². The summed E-state index contributed by atoms with van der Waals surface area (Å²) in [5.74, 6) is 0. The summed E-state index contributed by atoms with van der Waals surface area (Å²) in [6.07, 6.45) is 0. The number of hydrogen-bond acceptors (Lipinski definition) is 2. The average Bonchev–Trinajstić information content (AvgIpc) is 3.66. The van der Waals surface area contributed by atoms with Crippen molar-refractivity contribution in [1.82, 2.24) is 0 Å². The van der Waals surface area contributed by atoms with Gasteiger partial charge in [-0.05, 0) is 123 Å². The van der Waals surface area contributed by atoms with Crippen LogP contribution in [0.4, 0.5) is 17.1 Å². The first-order chi connectivity index (χ1) is 32.5. The summed E-state index contributed by atoms with van der Waals surface area (Å²) >= 11 is 1.96. The van der Waals surface area contributed by atoms with Crippen molar-refractivity contribution in [2.24, 2.45) is 0 Å². The standard InChI is InChI=1S/C64H47NS/c1-63(49-22-11-5-12-23-49)56-28-16-15-26-55(56)60-57(63)42-43-59-62(60)66-61-54(27-17-29-58(61)64(59,2)50-24-13-6-14-25-50)48-34-40-53(41-35-48)65(51-36-30-46(31-37-51)44-18-7-3-8-19-44)52-38-32-47(33-39-52)45-20-9-4-10-21-45/h3-43H,1-2H3. The second kappa shape index (κ2) is 16.1. The van der Waals surface area contributed by atoms with Crippen LogP contribution >= 0.6 is 11.8 Å². The summed E-state index contributed by atoms with van der Waals surface area (Å²) in [5.41, 5.74) is 20.6. The molecule has 0 saturated carbocycles. The maximum atomic E-state index is 2.44. The highest BCUT2D eigenvalue weighted by atomic mass is 32.2. The number of nitrogens with zero attached hydrogens (tertiary/aromatic N) is 1. The van der Waals surface area contributed by atoms with Gasteiger partial charge in [0.15, 0.2) is 0 Å². The van der Waals surface area contributed by atoms with Crippen LogP contribution in [-0.4, -0.2) is 0 Å². The van der Waals surface area contributed by atoms with Crippen LogP contribution in [0.2, 0.25) is 0 Å². The lowest BCUT2D eigenvalue weighted by atomic mass is 9.68. The van der Waals surface area contributed by atoms with E-state index in [2.05, 4.69) is 267 Å². The number of rotatable bonds is 8. The molecule has 10 aromatic carbocycles. The van der Waals surface area contributed by atoms with Crippen LogP contribution in [0.1, 0.15) is 47.2 Å². The molecule has 0 fully saturated rings. The van der Waals surface area contributed by atoms with Crippen molar-refractivity contribution >= 4 is 28.8 Å². The van der Waals surface area contributed by atoms with Crippen LogP contribution in [0.15, 0.2) is 259 Å². The predicted octanol–water partition coefficient (Wildman–Crippen LogP) is 17.3. The predicted molar refractivity (Wildman–Crippen MR) is 277 cm³/mol. The fourth-order valence-corrected chi connectivity index (χ4v) is 12.4. The molecule has 0 radical (unpaired) electrons. The Morgan fingerprint density at radius 2 is 0.667 bits per heavy atom. The van der Waals surface area contributed by atoms with Crippen molar-refractivity contribution in [2.75, 3.05) is 4.90 Å². The molecule has 0 saturated heterocycles. The van der Waals surface area contributed by atoms with E-state index in [1.165, 1.54) is 87.7 Å². The van der Waals surface area contributed by atoms with Gasteiger partial charge in [-0.2, -0.15) is 0 Å². The number of anilines is 3. The zero-order valence-corrected chi connectivity index (χ0v) is 37.8. The second-order valence-electron chi connectivity index (χ2n) is 17.9. The number of hydrogen-bond donors (Lipinski definition) is 0. The number of benzene rings is 10. The van der Waals surface area contributed by atoms with Crippen molar-refractivity contribution < 1.29 is 0 Å². The first-order valence-corrected chi connectivity index (χ1v) is 23.7. The molecule has 2 aliphatic rings. The van der Waals surface area contributed by atoms with Gasteiger partial charge >= 0.3 is 0 Å². The van der Waals surface area contributed by atoms with E-state index >= 15 is 0 Å². The number of fused-ring (bicyclic) bond motifs is 6. The van der Waals surface area contributed by atoms with E-state index in [4.69, 9.17) is 0 Å². The van der Waals surface area contributed by atoms with Crippen LogP contribution in [0.25, 0.3) is 44.5 Å². The molecule has 0 N–H and O–H groups in total. The monoisotopic (exact) mass is 861 g/mol. The molecule has 12 rings (SSSR count). The van der Waals surface area contributed by atoms with Crippen LogP contribution in [0, 0.1) is 0 Å². The van der Waals surface area contributed by atoms with E-state index in [1.54, 1.807) is 0 Å². The molecule has 1 heterocycles. The maximum absolute atomic E-state index is 2.44. The highest BCUT2D eigenvalue weighted by molar-refractivity contribution is 7.99. The normalized spacial score (nSPS) is 16.7. The Balaban J connectivity index is 0.990. The zero-order chi connectivity index (χ0) is 44.2. The molecule has 1 aliphatic heterocycles. The Hall–Kier alpha value is -7.65. The minimum Gasteiger partial charge on any atom is -0.311 e. The molecule has 0 amide bonds. The Kier molecular flexibility index (Phi) is 9.73. The van der Waals surface area contributed by atoms with Gasteiger partial charge in [0.2, 0.25) is 0 Å². The van der Waals surface area contributed by atoms with Gasteiger partial charge in [-0.25, -0.2) is 0 Å². The minimum absolute atomic E-state index is 0.281. The van der Waals surface area contributed by atoms with Gasteiger partial charge in [0, 0.05) is 43.2 Å². The third kappa shape index (κ3) is 6.39. The largest absolute Gasteiger partial charge is 0.311 e. The lowest BCUT2D eigenvalue weighted by Gasteiger charge is -2.40. The molecule has 66 heavy (non-hydrogen) atoms. The van der Waals surface area contributed by atoms with E-state index in [9.17, 15) is 0 Å². The molecule has 0 aromatic heterocycles. The first kappa shape index (κ1) is 39.9. The fourth-order valence-electron chi connectivity index (χ4n) is 10.8. The zero-order valence-electron chi connectivity index (χ0n) is 37.0. The molecule has 2 atom stereocenters. The topological polar surface area (TPSA) is 3.24 Å². The van der Waals surface area contributed by atoms with Gasteiger partial charge in [-0.1, -0.05) is 224 Å². The molecule has 0 spiro atoms. The minimum atomic E-state index is -0.391. The average molecular weight is 862 g/mol. The second-order valence-corrected chi connectivity index (χ2v) is 18.9. The van der Waals surface area contributed by atoms with Crippen LogP contribution in [0.3, 0.4) is 0 Å². The summed E-state index contributed by atoms with van der Waals surface area (Å²) in [6, 6.07) is 91.5. The third-order valence-electron chi connectivity index (χ3n) is 14.3. The molecule has 314 valence electrons. The Bertz CT molecular complexity index is 3280. The molecule has 2 heteroatoms. The summed E-state index contributed by atoms with van der Waals surface area (Å²) < 4.78 is 0. The smallest absolute Gasteiger partial charge is 0.0462 e. The molecule has 10 aromatic rings. The first-order valence-electron chi connectivity index (χ1n) is 22.9. The molecule has 2 unspecified atom stereocenters. The van der Waals surface area contributed by atoms with Gasteiger partial charge < -0.3 is 4.90 Å². The summed E-state index contributed by atoms with van der Waals surface area (Å²) in [4.78, 5) is 5.04. The van der Waals surface area contributed by atoms with E-state index in [0.717, 1.165) is 17.1 Å². The molecular weight excluding hydrogens is 815 g/mol. The van der Waals surface area contributed by atoms with Gasteiger partial charge in [0.25, 0.3) is 0 Å². The summed E-state index contributed by atoms with van der Waals surface area (Å²) in [5, 5.41) is 0. The van der Waals surface area contributed by atoms with Crippen LogP contribution in [0.5, 0.6) is 0 Å². The van der Waals surface area contributed by atoms with Gasteiger partial charge in [0.05, 0.1) is 0 Å². The van der Waals surface area contributed by atoms with E-state index < -0.39 is 5.41 Å². The maximum Gasteiger partial charge on any atom is 0.0462 e. The molecule has 0 bridgehead atoms. The van der Waals surface area contributed by atoms with Crippen molar-refractivity contribution in [2.45, 2.75) is 34.5 Å². The van der Waals surface area contributed by atoms with Gasteiger partial charge in [0.1, 0.15) is 0 Å². The molecule has 1 aliphatic carbocycles. The van der Waals surface area contributed by atoms with Crippen LogP contribution < -0.4 is 4.90 Å². The van der Waals surface area contributed by atoms with Crippen LogP contribution in [-0.2, 0) is 10.8 Å². The summed E-state index contributed by atoms with van der Waals surface area (Å²) in [6.45, 7) is 4.86. The van der Waals surface area contributed by atoms with Crippen molar-refractivity contribution in [3.63, 3.8) is 0 Å². The summed E-state index contributed by atoms with van der Waals surface area (Å²) in [7, 11) is 0. The fraction of sp³-hybridized carbons (Fsp3) is 0.0625. The lowest BCUT2D eigenvalue weighted by molar-refractivity contribution is 0.652. The highest BCUT2D eigenvalue weighted by Crippen LogP contribution is 2.62. The highest BCUT2D eigenvalue weighted by Gasteiger charge is 2.47. The van der Waals surface area contributed by atoms with E-state index in [-0.39, 0.29) is 5.41 Å². The van der Waals surface area contributed by atoms with Crippen molar-refractivity contribution in [3.8, 4) is 44.5 Å². The van der Waals surface area contributed by atoms with Crippen molar-refractivity contribution in [3.05, 3.63) is 282 Å². The molecular formula is C64H47NS. The third-order valence-corrected chi connectivity index (χ3v) is 15.6. The van der Waals surface area contributed by atoms with Gasteiger partial charge in [-0.15, -0.1) is 0 Å². The Morgan fingerprint density at radius 1 is 0.288 bits per heavy atom. The Morgan fingerprint density at radius 3 is 1.20 bits per heavy atom. The SMILES string of the molecule is CC1(c2ccccc2)c2cccc(-c3ccc(N(c4ccc(-c5ccccc5)cc4)c4ccc(-c5ccccc5)cc4)cc3)c2Sc2c1ccc1c2-c2ccccc2C1(C)c1ccccc1. The Labute approximate surface area is 392 Å². The lowest BCUT2D eigenvalue weighted by Crippen LogP contribution is -2.30. The quantitative estimate of drug-likeness (QED) is 0.150.